The number of nitrogens with one attached hydrogen (secondary N) is 2. The zero-order valence-electron chi connectivity index (χ0n) is 8.06. The van der Waals surface area contributed by atoms with E-state index in [2.05, 4.69) is 10.6 Å². The molecule has 0 bridgehead atoms. The Morgan fingerprint density at radius 3 is 3.00 bits per heavy atom. The molecule has 0 saturated heterocycles. The van der Waals surface area contributed by atoms with Crippen molar-refractivity contribution >= 4 is 5.69 Å². The van der Waals surface area contributed by atoms with Crippen LogP contribution in [0.2, 0.25) is 0 Å². The summed E-state index contributed by atoms with van der Waals surface area (Å²) in [6.07, 6.45) is 0. The Kier molecular flexibility index (Phi) is 2.54. The van der Waals surface area contributed by atoms with Crippen LogP contribution in [-0.2, 0) is 6.54 Å². The fraction of sp³-hybridized carbons (Fsp3) is 0.400. The van der Waals surface area contributed by atoms with Gasteiger partial charge in [0.05, 0.1) is 7.11 Å². The number of hydrogen-bond donors (Lipinski definition) is 2. The van der Waals surface area contributed by atoms with Crippen molar-refractivity contribution in [2.24, 2.45) is 0 Å². The number of anilines is 1. The Balaban J connectivity index is 2.41. The van der Waals surface area contributed by atoms with Crippen LogP contribution in [0.1, 0.15) is 5.56 Å². The lowest BCUT2D eigenvalue weighted by atomic mass is 10.1. The molecule has 14 heavy (non-hydrogen) atoms. The lowest BCUT2D eigenvalue weighted by molar-refractivity contribution is 0.386. The number of halogens is 1. The molecule has 0 aromatic heterocycles. The van der Waals surface area contributed by atoms with Crippen molar-refractivity contribution in [1.29, 1.82) is 0 Å². The van der Waals surface area contributed by atoms with E-state index >= 15 is 0 Å². The van der Waals surface area contributed by atoms with E-state index in [1.54, 1.807) is 6.07 Å². The second kappa shape index (κ2) is 3.84. The molecule has 2 N–H and O–H groups in total. The molecule has 0 fully saturated rings. The Morgan fingerprint density at radius 2 is 2.21 bits per heavy atom. The van der Waals surface area contributed by atoms with E-state index in [1.165, 1.54) is 13.2 Å². The number of benzene rings is 1. The Morgan fingerprint density at radius 1 is 1.36 bits per heavy atom. The third kappa shape index (κ3) is 1.65. The highest BCUT2D eigenvalue weighted by molar-refractivity contribution is 5.55. The van der Waals surface area contributed by atoms with Crippen molar-refractivity contribution < 1.29 is 9.13 Å². The fourth-order valence-electron chi connectivity index (χ4n) is 1.57. The predicted molar refractivity (Wildman–Crippen MR) is 53.1 cm³/mol. The quantitative estimate of drug-likeness (QED) is 0.711. The third-order valence-electron chi connectivity index (χ3n) is 2.31. The lowest BCUT2D eigenvalue weighted by Crippen LogP contribution is -2.16. The van der Waals surface area contributed by atoms with Crippen molar-refractivity contribution in [2.45, 2.75) is 6.54 Å². The Bertz CT molecular complexity index is 341. The highest BCUT2D eigenvalue weighted by atomic mass is 19.1. The lowest BCUT2D eigenvalue weighted by Gasteiger charge is -2.09. The van der Waals surface area contributed by atoms with E-state index in [0.29, 0.717) is 5.75 Å². The molecule has 1 aliphatic heterocycles. The fourth-order valence-corrected chi connectivity index (χ4v) is 1.57. The molecular formula is C10H13FN2O. The molecule has 0 saturated carbocycles. The number of methoxy groups -OCH3 is 1. The van der Waals surface area contributed by atoms with Gasteiger partial charge in [-0.05, 0) is 11.6 Å². The molecule has 76 valence electrons. The van der Waals surface area contributed by atoms with Crippen LogP contribution in [0.15, 0.2) is 12.1 Å². The minimum atomic E-state index is -0.319. The summed E-state index contributed by atoms with van der Waals surface area (Å²) in [5, 5.41) is 6.39. The summed E-state index contributed by atoms with van der Waals surface area (Å²) in [5.74, 6) is -0.0186. The molecular weight excluding hydrogens is 183 g/mol. The van der Waals surface area contributed by atoms with Gasteiger partial charge >= 0.3 is 0 Å². The minimum absolute atomic E-state index is 0.300. The number of fused-ring (bicyclic) bond motifs is 1. The second-order valence-electron chi connectivity index (χ2n) is 3.25. The smallest absolute Gasteiger partial charge is 0.167 e. The van der Waals surface area contributed by atoms with Crippen LogP contribution in [0.4, 0.5) is 10.1 Å². The number of ether oxygens (including phenoxy) is 1. The first-order valence-electron chi connectivity index (χ1n) is 4.62. The molecule has 3 nitrogen and oxygen atoms in total. The van der Waals surface area contributed by atoms with Crippen LogP contribution in [-0.4, -0.2) is 20.2 Å². The minimum Gasteiger partial charge on any atom is -0.494 e. The van der Waals surface area contributed by atoms with Gasteiger partial charge in [-0.15, -0.1) is 0 Å². The van der Waals surface area contributed by atoms with E-state index in [1.807, 2.05) is 0 Å². The van der Waals surface area contributed by atoms with Gasteiger partial charge < -0.3 is 15.4 Å². The van der Waals surface area contributed by atoms with E-state index in [0.717, 1.165) is 30.9 Å². The molecule has 2 rings (SSSR count). The van der Waals surface area contributed by atoms with Crippen LogP contribution in [0.3, 0.4) is 0 Å². The SMILES string of the molecule is COc1cc2c(cc1F)NCCNC2. The van der Waals surface area contributed by atoms with Crippen molar-refractivity contribution in [3.8, 4) is 5.75 Å². The van der Waals surface area contributed by atoms with Gasteiger partial charge in [-0.25, -0.2) is 4.39 Å². The molecule has 0 spiro atoms. The highest BCUT2D eigenvalue weighted by Gasteiger charge is 2.11. The van der Waals surface area contributed by atoms with Gasteiger partial charge in [0.15, 0.2) is 11.6 Å². The Labute approximate surface area is 82.3 Å². The zero-order valence-corrected chi connectivity index (χ0v) is 8.06. The monoisotopic (exact) mass is 196 g/mol. The van der Waals surface area contributed by atoms with Gasteiger partial charge in [0.1, 0.15) is 0 Å². The largest absolute Gasteiger partial charge is 0.494 e. The van der Waals surface area contributed by atoms with Gasteiger partial charge in [0.25, 0.3) is 0 Å². The average Bonchev–Trinajstić information content (AvgIpc) is 2.41. The summed E-state index contributed by atoms with van der Waals surface area (Å²) in [5.41, 5.74) is 1.90. The predicted octanol–water partition coefficient (Wildman–Crippen LogP) is 1.35. The van der Waals surface area contributed by atoms with E-state index in [4.69, 9.17) is 4.74 Å². The van der Waals surface area contributed by atoms with Crippen molar-refractivity contribution in [2.75, 3.05) is 25.5 Å². The standard InChI is InChI=1S/C10H13FN2O/c1-14-10-4-7-6-12-2-3-13-9(7)5-8(10)11/h4-5,12-13H,2-3,6H2,1H3. The summed E-state index contributed by atoms with van der Waals surface area (Å²) in [4.78, 5) is 0. The molecule has 1 aromatic carbocycles. The molecule has 0 amide bonds. The topological polar surface area (TPSA) is 33.3 Å². The Hall–Kier alpha value is -1.29. The van der Waals surface area contributed by atoms with E-state index in [-0.39, 0.29) is 5.82 Å². The number of hydrogen-bond acceptors (Lipinski definition) is 3. The summed E-state index contributed by atoms with van der Waals surface area (Å²) in [6.45, 7) is 2.45. The molecule has 0 unspecified atom stereocenters. The first-order chi connectivity index (χ1) is 6.81. The summed E-state index contributed by atoms with van der Waals surface area (Å²) < 4.78 is 18.2. The maximum Gasteiger partial charge on any atom is 0.167 e. The average molecular weight is 196 g/mol. The number of rotatable bonds is 1. The van der Waals surface area contributed by atoms with Crippen molar-refractivity contribution in [3.05, 3.63) is 23.5 Å². The first kappa shape index (κ1) is 9.27. The van der Waals surface area contributed by atoms with Crippen LogP contribution < -0.4 is 15.4 Å². The normalized spacial score (nSPS) is 15.3. The summed E-state index contributed by atoms with van der Waals surface area (Å²) >= 11 is 0. The summed E-state index contributed by atoms with van der Waals surface area (Å²) in [6, 6.07) is 3.22. The molecule has 4 heteroatoms. The van der Waals surface area contributed by atoms with Crippen molar-refractivity contribution in [1.82, 2.24) is 5.32 Å². The van der Waals surface area contributed by atoms with Gasteiger partial charge in [-0.1, -0.05) is 0 Å². The molecule has 1 aliphatic rings. The maximum atomic E-state index is 13.3. The third-order valence-corrected chi connectivity index (χ3v) is 2.31. The molecule has 1 aromatic rings. The van der Waals surface area contributed by atoms with Crippen LogP contribution in [0.25, 0.3) is 0 Å². The van der Waals surface area contributed by atoms with Crippen LogP contribution in [0, 0.1) is 5.82 Å². The molecule has 0 radical (unpaired) electrons. The van der Waals surface area contributed by atoms with E-state index < -0.39 is 0 Å². The molecule has 0 atom stereocenters. The molecule has 1 heterocycles. The van der Waals surface area contributed by atoms with Crippen molar-refractivity contribution in [3.63, 3.8) is 0 Å². The van der Waals surface area contributed by atoms with Gasteiger partial charge in [-0.2, -0.15) is 0 Å². The van der Waals surface area contributed by atoms with E-state index in [9.17, 15) is 4.39 Å². The highest BCUT2D eigenvalue weighted by Crippen LogP contribution is 2.26. The summed E-state index contributed by atoms with van der Waals surface area (Å²) in [7, 11) is 1.47. The second-order valence-corrected chi connectivity index (χ2v) is 3.25. The van der Waals surface area contributed by atoms with Crippen LogP contribution >= 0.6 is 0 Å². The van der Waals surface area contributed by atoms with Gasteiger partial charge in [0, 0.05) is 31.4 Å². The molecule has 0 aliphatic carbocycles. The maximum absolute atomic E-state index is 13.3. The first-order valence-corrected chi connectivity index (χ1v) is 4.62. The van der Waals surface area contributed by atoms with Gasteiger partial charge in [-0.3, -0.25) is 0 Å². The zero-order chi connectivity index (χ0) is 9.97. The van der Waals surface area contributed by atoms with Crippen LogP contribution in [0.5, 0.6) is 5.75 Å². The van der Waals surface area contributed by atoms with Gasteiger partial charge in [0.2, 0.25) is 0 Å².